The Hall–Kier alpha value is -2.83. The van der Waals surface area contributed by atoms with Crippen molar-refractivity contribution in [3.8, 4) is 0 Å². The van der Waals surface area contributed by atoms with Crippen LogP contribution in [0.4, 0.5) is 5.69 Å². The Morgan fingerprint density at radius 2 is 1.76 bits per heavy atom. The van der Waals surface area contributed by atoms with Gasteiger partial charge in [-0.2, -0.15) is 5.10 Å². The third-order valence-electron chi connectivity index (χ3n) is 2.89. The number of hydrogen-bond donors (Lipinski definition) is 1. The van der Waals surface area contributed by atoms with Crippen LogP contribution in [0.2, 0.25) is 0 Å². The zero-order valence-electron chi connectivity index (χ0n) is 11.7. The van der Waals surface area contributed by atoms with Crippen molar-refractivity contribution >= 4 is 17.6 Å². The maximum absolute atomic E-state index is 11.4. The van der Waals surface area contributed by atoms with Crippen LogP contribution in [-0.4, -0.2) is 35.9 Å². The summed E-state index contributed by atoms with van der Waals surface area (Å²) >= 11 is 0. The van der Waals surface area contributed by atoms with E-state index >= 15 is 0 Å². The number of nitrogens with two attached hydrogens (primary N) is 1. The Labute approximate surface area is 121 Å². The summed E-state index contributed by atoms with van der Waals surface area (Å²) in [5.41, 5.74) is 7.43. The predicted octanol–water partition coefficient (Wildman–Crippen LogP) is 1.09. The van der Waals surface area contributed by atoms with Crippen LogP contribution in [0.25, 0.3) is 0 Å². The monoisotopic (exact) mass is 289 g/mol. The second-order valence-electron chi connectivity index (χ2n) is 4.31. The van der Waals surface area contributed by atoms with E-state index in [2.05, 4.69) is 14.6 Å². The molecule has 1 aromatic carbocycles. The summed E-state index contributed by atoms with van der Waals surface area (Å²) in [6, 6.07) is 6.88. The highest BCUT2D eigenvalue weighted by Gasteiger charge is 2.15. The third-order valence-corrected chi connectivity index (χ3v) is 2.89. The molecule has 0 unspecified atom stereocenters. The van der Waals surface area contributed by atoms with Gasteiger partial charge in [0.25, 0.3) is 0 Å². The van der Waals surface area contributed by atoms with Crippen molar-refractivity contribution in [2.24, 2.45) is 0 Å². The molecular formula is C14H15N3O4. The van der Waals surface area contributed by atoms with E-state index in [1.165, 1.54) is 18.9 Å². The number of ether oxygens (including phenoxy) is 2. The quantitative estimate of drug-likeness (QED) is 0.846. The summed E-state index contributed by atoms with van der Waals surface area (Å²) in [4.78, 5) is 22.8. The number of carbonyl (C=O) groups is 2. The molecule has 2 rings (SSSR count). The van der Waals surface area contributed by atoms with Crippen LogP contribution in [0.1, 0.15) is 26.4 Å². The third kappa shape index (κ3) is 3.19. The number of benzene rings is 1. The minimum atomic E-state index is -0.577. The van der Waals surface area contributed by atoms with E-state index in [-0.39, 0.29) is 11.4 Å². The van der Waals surface area contributed by atoms with Gasteiger partial charge in [0.15, 0.2) is 5.69 Å². The lowest BCUT2D eigenvalue weighted by Crippen LogP contribution is -2.07. The molecule has 1 heterocycles. The molecule has 0 spiro atoms. The van der Waals surface area contributed by atoms with E-state index in [0.717, 1.165) is 5.56 Å². The normalized spacial score (nSPS) is 10.2. The fraction of sp³-hybridized carbons (Fsp3) is 0.214. The van der Waals surface area contributed by atoms with Gasteiger partial charge in [-0.3, -0.25) is 4.68 Å². The van der Waals surface area contributed by atoms with Gasteiger partial charge in [0.05, 0.1) is 32.0 Å². The lowest BCUT2D eigenvalue weighted by Gasteiger charge is -2.03. The van der Waals surface area contributed by atoms with Crippen LogP contribution in [-0.2, 0) is 16.0 Å². The van der Waals surface area contributed by atoms with E-state index in [0.29, 0.717) is 12.1 Å². The molecule has 0 aliphatic heterocycles. The minimum absolute atomic E-state index is 0.0867. The van der Waals surface area contributed by atoms with Gasteiger partial charge in [-0.1, -0.05) is 12.1 Å². The van der Waals surface area contributed by atoms with E-state index in [9.17, 15) is 9.59 Å². The highest BCUT2D eigenvalue weighted by atomic mass is 16.5. The molecule has 0 fully saturated rings. The number of hydrogen-bond acceptors (Lipinski definition) is 6. The van der Waals surface area contributed by atoms with Crippen LogP contribution < -0.4 is 5.73 Å². The second-order valence-corrected chi connectivity index (χ2v) is 4.31. The number of esters is 2. The molecule has 2 aromatic rings. The Morgan fingerprint density at radius 3 is 2.33 bits per heavy atom. The Morgan fingerprint density at radius 1 is 1.14 bits per heavy atom. The summed E-state index contributed by atoms with van der Waals surface area (Å²) < 4.78 is 10.8. The molecule has 110 valence electrons. The molecule has 0 saturated heterocycles. The standard InChI is InChI=1S/C14H15N3O4/c1-20-13(18)10-5-3-9(4-6-10)7-17-8-11(15)12(16-17)14(19)21-2/h3-6,8H,7,15H2,1-2H3. The molecule has 0 bridgehead atoms. The molecule has 7 nitrogen and oxygen atoms in total. The number of anilines is 1. The zero-order chi connectivity index (χ0) is 15.4. The minimum Gasteiger partial charge on any atom is -0.465 e. The van der Waals surface area contributed by atoms with Crippen LogP contribution in [0.5, 0.6) is 0 Å². The van der Waals surface area contributed by atoms with Gasteiger partial charge in [-0.15, -0.1) is 0 Å². The SMILES string of the molecule is COC(=O)c1ccc(Cn2cc(N)c(C(=O)OC)n2)cc1. The van der Waals surface area contributed by atoms with Gasteiger partial charge >= 0.3 is 11.9 Å². The summed E-state index contributed by atoms with van der Waals surface area (Å²) in [5.74, 6) is -0.967. The predicted molar refractivity (Wildman–Crippen MR) is 74.9 cm³/mol. The summed E-state index contributed by atoms with van der Waals surface area (Å²) in [6.45, 7) is 0.419. The highest BCUT2D eigenvalue weighted by Crippen LogP contribution is 2.13. The van der Waals surface area contributed by atoms with Crippen molar-refractivity contribution in [2.75, 3.05) is 20.0 Å². The Balaban J connectivity index is 2.15. The van der Waals surface area contributed by atoms with Crippen molar-refractivity contribution < 1.29 is 19.1 Å². The second kappa shape index (κ2) is 6.08. The molecule has 1 aromatic heterocycles. The number of carbonyl (C=O) groups excluding carboxylic acids is 2. The zero-order valence-corrected chi connectivity index (χ0v) is 11.7. The first kappa shape index (κ1) is 14.6. The van der Waals surface area contributed by atoms with Crippen LogP contribution >= 0.6 is 0 Å². The van der Waals surface area contributed by atoms with Gasteiger partial charge in [0, 0.05) is 6.20 Å². The lowest BCUT2D eigenvalue weighted by molar-refractivity contribution is 0.0588. The molecule has 0 radical (unpaired) electrons. The van der Waals surface area contributed by atoms with Gasteiger partial charge in [-0.25, -0.2) is 9.59 Å². The summed E-state index contributed by atoms with van der Waals surface area (Å²) in [5, 5.41) is 4.08. The average Bonchev–Trinajstić information content (AvgIpc) is 2.87. The fourth-order valence-corrected chi connectivity index (χ4v) is 1.82. The molecule has 21 heavy (non-hydrogen) atoms. The number of methoxy groups -OCH3 is 2. The maximum atomic E-state index is 11.4. The number of rotatable bonds is 4. The first-order valence-corrected chi connectivity index (χ1v) is 6.13. The largest absolute Gasteiger partial charge is 0.465 e. The maximum Gasteiger partial charge on any atom is 0.360 e. The summed E-state index contributed by atoms with van der Waals surface area (Å²) in [7, 11) is 2.60. The lowest BCUT2D eigenvalue weighted by atomic mass is 10.1. The van der Waals surface area contributed by atoms with Crippen molar-refractivity contribution in [2.45, 2.75) is 6.54 Å². The first-order chi connectivity index (χ1) is 10.0. The Bertz CT molecular complexity index is 661. The van der Waals surface area contributed by atoms with Crippen molar-refractivity contribution in [3.05, 3.63) is 47.3 Å². The molecule has 0 amide bonds. The molecule has 7 heteroatoms. The van der Waals surface area contributed by atoms with E-state index in [1.807, 2.05) is 0 Å². The molecule has 0 aliphatic carbocycles. The van der Waals surface area contributed by atoms with E-state index in [1.54, 1.807) is 30.5 Å². The van der Waals surface area contributed by atoms with E-state index < -0.39 is 11.9 Å². The van der Waals surface area contributed by atoms with Crippen molar-refractivity contribution in [1.29, 1.82) is 0 Å². The van der Waals surface area contributed by atoms with Gasteiger partial charge in [0.2, 0.25) is 0 Å². The van der Waals surface area contributed by atoms with Gasteiger partial charge in [0.1, 0.15) is 0 Å². The average molecular weight is 289 g/mol. The Kier molecular flexibility index (Phi) is 4.22. The van der Waals surface area contributed by atoms with Gasteiger partial charge in [-0.05, 0) is 17.7 Å². The van der Waals surface area contributed by atoms with Crippen molar-refractivity contribution in [3.63, 3.8) is 0 Å². The molecule has 0 saturated carbocycles. The first-order valence-electron chi connectivity index (χ1n) is 6.13. The van der Waals surface area contributed by atoms with Crippen molar-refractivity contribution in [1.82, 2.24) is 9.78 Å². The van der Waals surface area contributed by atoms with Gasteiger partial charge < -0.3 is 15.2 Å². The van der Waals surface area contributed by atoms with E-state index in [4.69, 9.17) is 5.73 Å². The number of nitrogens with zero attached hydrogens (tertiary/aromatic N) is 2. The highest BCUT2D eigenvalue weighted by molar-refractivity contribution is 5.92. The van der Waals surface area contributed by atoms with Crippen LogP contribution in [0.3, 0.4) is 0 Å². The number of aromatic nitrogens is 2. The molecule has 2 N–H and O–H groups in total. The topological polar surface area (TPSA) is 96.4 Å². The molecule has 0 aliphatic rings. The fourth-order valence-electron chi connectivity index (χ4n) is 1.82. The molecular weight excluding hydrogens is 274 g/mol. The smallest absolute Gasteiger partial charge is 0.360 e. The van der Waals surface area contributed by atoms with Crippen LogP contribution in [0.15, 0.2) is 30.5 Å². The molecule has 0 atom stereocenters. The number of nitrogen functional groups attached to an aromatic ring is 1. The summed E-state index contributed by atoms with van der Waals surface area (Å²) in [6.07, 6.45) is 1.56. The van der Waals surface area contributed by atoms with Crippen LogP contribution in [0, 0.1) is 0 Å².